The number of benzene rings is 1. The van der Waals surface area contributed by atoms with Crippen molar-refractivity contribution in [2.45, 2.75) is 74.0 Å². The summed E-state index contributed by atoms with van der Waals surface area (Å²) >= 11 is 1.79. The second kappa shape index (κ2) is 8.18. The summed E-state index contributed by atoms with van der Waals surface area (Å²) in [7, 11) is 0. The summed E-state index contributed by atoms with van der Waals surface area (Å²) in [6.07, 6.45) is 10.3. The quantitative estimate of drug-likeness (QED) is 0.845. The molecule has 0 spiro atoms. The fourth-order valence-corrected chi connectivity index (χ4v) is 5.05. The summed E-state index contributed by atoms with van der Waals surface area (Å²) in [5, 5.41) is 3.75. The van der Waals surface area contributed by atoms with Crippen molar-refractivity contribution in [3.05, 3.63) is 30.1 Å². The molecule has 2 nitrogen and oxygen atoms in total. The predicted octanol–water partition coefficient (Wildman–Crippen LogP) is 4.93. The average Bonchev–Trinajstić information content (AvgIpc) is 2.58. The van der Waals surface area contributed by atoms with Crippen LogP contribution in [0.5, 0.6) is 0 Å². The van der Waals surface area contributed by atoms with Crippen LogP contribution in [0.3, 0.4) is 0 Å². The van der Waals surface area contributed by atoms with E-state index in [1.807, 2.05) is 12.1 Å². The Bertz CT molecular complexity index is 513. The Labute approximate surface area is 142 Å². The van der Waals surface area contributed by atoms with Crippen LogP contribution in [-0.2, 0) is 4.79 Å². The average molecular weight is 335 g/mol. The summed E-state index contributed by atoms with van der Waals surface area (Å²) in [6, 6.07) is 7.11. The molecule has 0 aliphatic heterocycles. The molecule has 0 heterocycles. The van der Waals surface area contributed by atoms with Gasteiger partial charge in [0, 0.05) is 22.1 Å². The number of hydrogen-bond acceptors (Lipinski definition) is 2. The van der Waals surface area contributed by atoms with Gasteiger partial charge in [-0.15, -0.1) is 11.8 Å². The first-order valence-electron chi connectivity index (χ1n) is 8.93. The van der Waals surface area contributed by atoms with Gasteiger partial charge in [-0.25, -0.2) is 4.39 Å². The number of halogens is 1. The molecule has 3 rings (SSSR count). The van der Waals surface area contributed by atoms with Crippen molar-refractivity contribution in [2.24, 2.45) is 5.92 Å². The Morgan fingerprint density at radius 2 is 1.74 bits per heavy atom. The predicted molar refractivity (Wildman–Crippen MR) is 93.0 cm³/mol. The van der Waals surface area contributed by atoms with E-state index in [9.17, 15) is 9.18 Å². The summed E-state index contributed by atoms with van der Waals surface area (Å²) < 4.78 is 13.0. The molecule has 2 saturated carbocycles. The molecule has 0 saturated heterocycles. The minimum absolute atomic E-state index is 0.156. The molecule has 2 fully saturated rings. The third-order valence-electron chi connectivity index (χ3n) is 5.06. The maximum absolute atomic E-state index is 13.0. The van der Waals surface area contributed by atoms with E-state index in [0.29, 0.717) is 11.3 Å². The molecule has 1 N–H and O–H groups in total. The highest BCUT2D eigenvalue weighted by Gasteiger charge is 2.29. The molecule has 0 bridgehead atoms. The summed E-state index contributed by atoms with van der Waals surface area (Å²) in [6.45, 7) is 0. The van der Waals surface area contributed by atoms with Gasteiger partial charge in [0.1, 0.15) is 5.82 Å². The summed E-state index contributed by atoms with van der Waals surface area (Å²) in [5.41, 5.74) is 0. The van der Waals surface area contributed by atoms with E-state index < -0.39 is 0 Å². The maximum atomic E-state index is 13.0. The summed E-state index contributed by atoms with van der Waals surface area (Å²) in [4.78, 5) is 13.6. The van der Waals surface area contributed by atoms with E-state index in [1.165, 1.54) is 31.4 Å². The second-order valence-corrected chi connectivity index (χ2v) is 8.27. The van der Waals surface area contributed by atoms with Gasteiger partial charge in [0.2, 0.25) is 5.91 Å². The highest BCUT2D eigenvalue weighted by Crippen LogP contribution is 2.36. The first-order valence-corrected chi connectivity index (χ1v) is 9.81. The van der Waals surface area contributed by atoms with Crippen LogP contribution in [0.25, 0.3) is 0 Å². The van der Waals surface area contributed by atoms with Gasteiger partial charge in [0.15, 0.2) is 0 Å². The van der Waals surface area contributed by atoms with E-state index >= 15 is 0 Å². The van der Waals surface area contributed by atoms with Gasteiger partial charge in [0.25, 0.3) is 0 Å². The SMILES string of the molecule is O=C(NC1CCCCC1)C1CCCC(Sc2ccc(F)cc2)C1. The molecule has 1 aromatic carbocycles. The van der Waals surface area contributed by atoms with Crippen molar-refractivity contribution in [1.29, 1.82) is 0 Å². The molecular formula is C19H26FNOS. The van der Waals surface area contributed by atoms with Crippen LogP contribution in [0.4, 0.5) is 4.39 Å². The first kappa shape index (κ1) is 16.8. The van der Waals surface area contributed by atoms with E-state index in [1.54, 1.807) is 11.8 Å². The molecule has 2 aliphatic carbocycles. The molecule has 1 amide bonds. The van der Waals surface area contributed by atoms with Crippen LogP contribution in [-0.4, -0.2) is 17.2 Å². The molecule has 126 valence electrons. The van der Waals surface area contributed by atoms with Crippen LogP contribution in [0.15, 0.2) is 29.2 Å². The number of rotatable bonds is 4. The lowest BCUT2D eigenvalue weighted by Gasteiger charge is -2.30. The van der Waals surface area contributed by atoms with Crippen LogP contribution in [0.2, 0.25) is 0 Å². The van der Waals surface area contributed by atoms with E-state index in [-0.39, 0.29) is 17.6 Å². The Kier molecular flexibility index (Phi) is 5.98. The van der Waals surface area contributed by atoms with Gasteiger partial charge < -0.3 is 5.32 Å². The highest BCUT2D eigenvalue weighted by atomic mass is 32.2. The zero-order chi connectivity index (χ0) is 16.1. The molecule has 23 heavy (non-hydrogen) atoms. The van der Waals surface area contributed by atoms with Crippen LogP contribution < -0.4 is 5.32 Å². The number of amides is 1. The lowest BCUT2D eigenvalue weighted by atomic mass is 9.87. The first-order chi connectivity index (χ1) is 11.2. The largest absolute Gasteiger partial charge is 0.353 e. The maximum Gasteiger partial charge on any atom is 0.223 e. The summed E-state index contributed by atoms with van der Waals surface area (Å²) in [5.74, 6) is 0.229. The van der Waals surface area contributed by atoms with E-state index in [4.69, 9.17) is 0 Å². The van der Waals surface area contributed by atoms with Gasteiger partial charge in [-0.2, -0.15) is 0 Å². The molecule has 0 aromatic heterocycles. The molecular weight excluding hydrogens is 309 g/mol. The normalized spacial score (nSPS) is 26.0. The minimum Gasteiger partial charge on any atom is -0.353 e. The number of nitrogens with one attached hydrogen (secondary N) is 1. The van der Waals surface area contributed by atoms with E-state index in [2.05, 4.69) is 5.32 Å². The van der Waals surface area contributed by atoms with Crippen molar-refractivity contribution in [2.75, 3.05) is 0 Å². The van der Waals surface area contributed by atoms with Crippen molar-refractivity contribution in [3.8, 4) is 0 Å². The number of thioether (sulfide) groups is 1. The standard InChI is InChI=1S/C19H26FNOS/c20-15-9-11-17(12-10-15)23-18-8-4-5-14(13-18)19(22)21-16-6-2-1-3-7-16/h9-12,14,16,18H,1-8,13H2,(H,21,22). The molecule has 2 aliphatic rings. The van der Waals surface area contributed by atoms with Crippen LogP contribution in [0.1, 0.15) is 57.8 Å². The molecule has 1 aromatic rings. The molecule has 4 heteroatoms. The molecule has 0 radical (unpaired) electrons. The van der Waals surface area contributed by atoms with E-state index in [0.717, 1.165) is 43.4 Å². The fourth-order valence-electron chi connectivity index (χ4n) is 3.76. The number of carbonyl (C=O) groups is 1. The van der Waals surface area contributed by atoms with Crippen molar-refractivity contribution < 1.29 is 9.18 Å². The van der Waals surface area contributed by atoms with Gasteiger partial charge in [-0.1, -0.05) is 25.7 Å². The third kappa shape index (κ3) is 4.97. The Balaban J connectivity index is 1.50. The van der Waals surface area contributed by atoms with Crippen molar-refractivity contribution in [3.63, 3.8) is 0 Å². The van der Waals surface area contributed by atoms with Gasteiger partial charge in [-0.3, -0.25) is 4.79 Å². The van der Waals surface area contributed by atoms with Gasteiger partial charge in [0.05, 0.1) is 0 Å². The second-order valence-electron chi connectivity index (χ2n) is 6.90. The monoisotopic (exact) mass is 335 g/mol. The van der Waals surface area contributed by atoms with Crippen LogP contribution in [0, 0.1) is 11.7 Å². The number of hydrogen-bond donors (Lipinski definition) is 1. The zero-order valence-corrected chi connectivity index (χ0v) is 14.4. The van der Waals surface area contributed by atoms with Crippen molar-refractivity contribution in [1.82, 2.24) is 5.32 Å². The van der Waals surface area contributed by atoms with Crippen LogP contribution >= 0.6 is 11.8 Å². The topological polar surface area (TPSA) is 29.1 Å². The van der Waals surface area contributed by atoms with Gasteiger partial charge in [-0.05, 0) is 56.4 Å². The Morgan fingerprint density at radius 1 is 1.00 bits per heavy atom. The zero-order valence-electron chi connectivity index (χ0n) is 13.6. The number of carbonyl (C=O) groups excluding carboxylic acids is 1. The highest BCUT2D eigenvalue weighted by molar-refractivity contribution is 8.00. The fraction of sp³-hybridized carbons (Fsp3) is 0.632. The molecule has 2 unspecified atom stereocenters. The molecule has 2 atom stereocenters. The Hall–Kier alpha value is -1.03. The Morgan fingerprint density at radius 3 is 2.48 bits per heavy atom. The minimum atomic E-state index is -0.192. The van der Waals surface area contributed by atoms with Gasteiger partial charge >= 0.3 is 0 Å². The lowest BCUT2D eigenvalue weighted by Crippen LogP contribution is -2.41. The van der Waals surface area contributed by atoms with Crippen molar-refractivity contribution >= 4 is 17.7 Å². The lowest BCUT2D eigenvalue weighted by molar-refractivity contribution is -0.126. The smallest absolute Gasteiger partial charge is 0.223 e. The third-order valence-corrected chi connectivity index (χ3v) is 6.37.